The monoisotopic (exact) mass is 1050 g/mol. The molecule has 8 nitrogen and oxygen atoms in total. The minimum Gasteiger partial charge on any atom is -0.493 e. The van der Waals surface area contributed by atoms with E-state index in [1.165, 1.54) is 90.9 Å². The number of aromatic nitrogens is 2. The van der Waals surface area contributed by atoms with Gasteiger partial charge in [-0.2, -0.15) is 14.0 Å². The van der Waals surface area contributed by atoms with Crippen molar-refractivity contribution in [3.63, 3.8) is 0 Å². The number of aliphatic carboxylic acids is 1. The smallest absolute Gasteiger partial charge is 0.346 e. The third-order valence-electron chi connectivity index (χ3n) is 14.2. The fourth-order valence-corrected chi connectivity index (χ4v) is 12.4. The number of unbranched alkanes of at least 4 members (excludes halogenated alkanes) is 5. The van der Waals surface area contributed by atoms with Crippen molar-refractivity contribution in [3.8, 4) is 59.3 Å². The van der Waals surface area contributed by atoms with Gasteiger partial charge in [-0.05, 0) is 145 Å². The zero-order chi connectivity index (χ0) is 52.5. The zero-order valence-electron chi connectivity index (χ0n) is 44.1. The summed E-state index contributed by atoms with van der Waals surface area (Å²) < 4.78 is 22.5. The molecule has 0 saturated carbocycles. The number of carbonyl (C=O) groups is 1. The number of ether oxygens (including phenoxy) is 2. The minimum atomic E-state index is -1.23. The summed E-state index contributed by atoms with van der Waals surface area (Å²) in [4.78, 5) is 18.4. The molecule has 75 heavy (non-hydrogen) atoms. The highest BCUT2D eigenvalue weighted by atomic mass is 32.1. The van der Waals surface area contributed by atoms with Crippen LogP contribution >= 0.6 is 34.4 Å². The number of hydrogen-bond acceptors (Lipinski definition) is 10. The highest BCUT2D eigenvalue weighted by Crippen LogP contribution is 2.45. The maximum atomic E-state index is 11.5. The quantitative estimate of drug-likeness (QED) is 0.0294. The van der Waals surface area contributed by atoms with Crippen LogP contribution in [0.5, 0.6) is 11.5 Å². The van der Waals surface area contributed by atoms with Gasteiger partial charge in [0, 0.05) is 47.7 Å². The molecule has 3 aromatic heterocycles. The lowest BCUT2D eigenvalue weighted by Gasteiger charge is -2.26. The maximum absolute atomic E-state index is 11.5. The molecule has 11 heteroatoms. The summed E-state index contributed by atoms with van der Waals surface area (Å²) in [5, 5.41) is 18.7. The van der Waals surface area contributed by atoms with E-state index in [-0.39, 0.29) is 5.57 Å². The minimum absolute atomic E-state index is 0.290. The zero-order valence-corrected chi connectivity index (χ0v) is 46.6. The Morgan fingerprint density at radius 1 is 0.613 bits per heavy atom. The third-order valence-corrected chi connectivity index (χ3v) is 17.1. The van der Waals surface area contributed by atoms with E-state index < -0.39 is 5.97 Å². The van der Waals surface area contributed by atoms with E-state index in [4.69, 9.17) is 18.2 Å². The van der Waals surface area contributed by atoms with Gasteiger partial charge in [-0.15, -0.1) is 22.7 Å². The van der Waals surface area contributed by atoms with E-state index in [1.807, 2.05) is 24.3 Å². The van der Waals surface area contributed by atoms with Crippen molar-refractivity contribution >= 4 is 74.5 Å². The Kier molecular flexibility index (Phi) is 19.9. The van der Waals surface area contributed by atoms with Gasteiger partial charge in [-0.1, -0.05) is 141 Å². The average molecular weight is 1060 g/mol. The van der Waals surface area contributed by atoms with Crippen LogP contribution in [0.4, 0.5) is 17.1 Å². The lowest BCUT2D eigenvalue weighted by atomic mass is 10.0. The van der Waals surface area contributed by atoms with Gasteiger partial charge in [0.2, 0.25) is 0 Å². The van der Waals surface area contributed by atoms with Crippen molar-refractivity contribution in [1.82, 2.24) is 8.75 Å². The van der Waals surface area contributed by atoms with Crippen LogP contribution in [-0.4, -0.2) is 33.0 Å². The lowest BCUT2D eigenvalue weighted by Crippen LogP contribution is -2.12. The largest absolute Gasteiger partial charge is 0.493 e. The van der Waals surface area contributed by atoms with Crippen molar-refractivity contribution in [3.05, 3.63) is 144 Å². The molecule has 8 aromatic rings. The summed E-state index contributed by atoms with van der Waals surface area (Å²) >= 11 is 4.76. The average Bonchev–Trinajstić information content (AvgIpc) is 4.24. The number of hydrogen-bond donors (Lipinski definition) is 1. The number of benzene rings is 5. The van der Waals surface area contributed by atoms with Crippen LogP contribution in [0.25, 0.3) is 58.9 Å². The van der Waals surface area contributed by atoms with Gasteiger partial charge in [0.1, 0.15) is 34.2 Å². The summed E-state index contributed by atoms with van der Waals surface area (Å²) in [5.41, 5.74) is 11.0. The second-order valence-electron chi connectivity index (χ2n) is 19.5. The van der Waals surface area contributed by atoms with Gasteiger partial charge < -0.3 is 19.5 Å². The number of thiophene rings is 2. The molecule has 5 aromatic carbocycles. The number of carboxylic acids is 1. The van der Waals surface area contributed by atoms with Gasteiger partial charge in [0.25, 0.3) is 0 Å². The maximum Gasteiger partial charge on any atom is 0.346 e. The predicted molar refractivity (Wildman–Crippen MR) is 316 cm³/mol. The van der Waals surface area contributed by atoms with Crippen LogP contribution in [0, 0.1) is 23.2 Å². The van der Waals surface area contributed by atoms with Crippen LogP contribution in [0.3, 0.4) is 0 Å². The molecule has 3 heterocycles. The molecule has 0 fully saturated rings. The molecule has 0 amide bonds. The van der Waals surface area contributed by atoms with E-state index in [9.17, 15) is 15.2 Å². The molecular weight excluding hydrogens is 985 g/mol. The molecule has 0 spiro atoms. The van der Waals surface area contributed by atoms with Gasteiger partial charge >= 0.3 is 5.97 Å². The van der Waals surface area contributed by atoms with E-state index >= 15 is 0 Å². The van der Waals surface area contributed by atoms with Crippen LogP contribution in [0.2, 0.25) is 0 Å². The fraction of sp³-hybridized carbons (Fsp3) is 0.344. The van der Waals surface area contributed by atoms with Gasteiger partial charge in [-0.3, -0.25) is 0 Å². The van der Waals surface area contributed by atoms with Crippen LogP contribution in [0.15, 0.2) is 133 Å². The van der Waals surface area contributed by atoms with Crippen molar-refractivity contribution in [2.75, 3.05) is 18.1 Å². The van der Waals surface area contributed by atoms with E-state index in [2.05, 4.69) is 143 Å². The van der Waals surface area contributed by atoms with E-state index in [1.54, 1.807) is 28.7 Å². The second kappa shape index (κ2) is 27.3. The molecule has 0 aliphatic carbocycles. The fourth-order valence-electron chi connectivity index (χ4n) is 9.50. The summed E-state index contributed by atoms with van der Waals surface area (Å²) in [7, 11) is 0. The number of carboxylic acid groups (broad SMARTS) is 1. The number of anilines is 3. The first-order valence-electron chi connectivity index (χ1n) is 27.0. The SMILES string of the molecule is CCCCCCc1cc(-c2ccc(-c3ccc(-c4ccc(N(c5ccc(OCC(CC)CCCC)cc5)c5ccc(OCC(CC)CCCC)cc5)cc4)s3)c3nsnc23)sc1-c1ccc(/C=C(/C#N)C(=O)O)cc1. The third kappa shape index (κ3) is 14.0. The highest BCUT2D eigenvalue weighted by molar-refractivity contribution is 7.19. The molecule has 0 bridgehead atoms. The Hall–Kier alpha value is -6.58. The van der Waals surface area contributed by atoms with Crippen molar-refractivity contribution in [2.24, 2.45) is 11.8 Å². The molecular formula is C64H70N4O4S3. The normalized spacial score (nSPS) is 12.4. The highest BCUT2D eigenvalue weighted by Gasteiger charge is 2.21. The molecule has 1 N–H and O–H groups in total. The second-order valence-corrected chi connectivity index (χ2v) is 22.1. The number of fused-ring (bicyclic) bond motifs is 1. The lowest BCUT2D eigenvalue weighted by molar-refractivity contribution is -0.132. The summed E-state index contributed by atoms with van der Waals surface area (Å²) in [6, 6.07) is 46.6. The van der Waals surface area contributed by atoms with Gasteiger partial charge in [0.05, 0.1) is 24.9 Å². The van der Waals surface area contributed by atoms with Crippen LogP contribution in [0.1, 0.15) is 123 Å². The molecule has 0 aliphatic heterocycles. The van der Waals surface area contributed by atoms with Crippen molar-refractivity contribution in [1.29, 1.82) is 5.26 Å². The molecule has 8 rings (SSSR count). The van der Waals surface area contributed by atoms with Crippen LogP contribution in [-0.2, 0) is 11.2 Å². The number of rotatable bonds is 28. The Balaban J connectivity index is 1.04. The Morgan fingerprint density at radius 3 is 1.65 bits per heavy atom. The number of nitrogens with zero attached hydrogens (tertiary/aromatic N) is 4. The Bertz CT molecular complexity index is 3080. The van der Waals surface area contributed by atoms with Crippen molar-refractivity contribution in [2.45, 2.75) is 118 Å². The summed E-state index contributed by atoms with van der Waals surface area (Å²) in [5.74, 6) is 1.68. The molecule has 388 valence electrons. The molecule has 0 saturated heterocycles. The molecule has 2 atom stereocenters. The first-order chi connectivity index (χ1) is 36.7. The Labute approximate surface area is 456 Å². The number of nitriles is 1. The van der Waals surface area contributed by atoms with E-state index in [0.717, 1.165) is 110 Å². The number of aryl methyl sites for hydroxylation is 1. The standard InChI is InChI=1S/C64H70N4O4S3/c1-6-11-14-15-18-49-40-60(74-63(49)48-21-19-46(20-22-48)39-50(41-65)64(69)70)57-36-35-56(61-62(57)67-75-66-61)59-38-37-58(73-59)47-23-25-51(26-24-47)68(52-27-31-54(32-28-52)71-42-44(9-4)16-12-7-2)53-29-33-55(34-30-53)72-43-45(10-5)17-13-8-3/h19-40,44-45H,6-18,42-43H2,1-5H3,(H,69,70)/b50-39-. The molecule has 0 aliphatic rings. The predicted octanol–water partition coefficient (Wildman–Crippen LogP) is 19.3. The summed E-state index contributed by atoms with van der Waals surface area (Å²) in [6.45, 7) is 12.7. The molecule has 2 unspecified atom stereocenters. The first kappa shape index (κ1) is 54.7. The van der Waals surface area contributed by atoms with E-state index in [0.29, 0.717) is 17.4 Å². The first-order valence-corrected chi connectivity index (χ1v) is 29.4. The summed E-state index contributed by atoms with van der Waals surface area (Å²) in [6.07, 6.45) is 16.5. The van der Waals surface area contributed by atoms with Crippen LogP contribution < -0.4 is 14.4 Å². The topological polar surface area (TPSA) is 109 Å². The Morgan fingerprint density at radius 2 is 1.13 bits per heavy atom. The van der Waals surface area contributed by atoms with Crippen molar-refractivity contribution < 1.29 is 19.4 Å². The van der Waals surface area contributed by atoms with Gasteiger partial charge in [0.15, 0.2) is 0 Å². The molecule has 0 radical (unpaired) electrons. The van der Waals surface area contributed by atoms with Gasteiger partial charge in [-0.25, -0.2) is 4.79 Å².